The van der Waals surface area contributed by atoms with E-state index >= 15 is 0 Å². The van der Waals surface area contributed by atoms with Crippen molar-refractivity contribution in [2.45, 2.75) is 19.8 Å². The van der Waals surface area contributed by atoms with Crippen molar-refractivity contribution in [2.75, 3.05) is 20.3 Å². The van der Waals surface area contributed by atoms with Crippen molar-refractivity contribution in [1.82, 2.24) is 10.3 Å². The van der Waals surface area contributed by atoms with Crippen LogP contribution in [0.3, 0.4) is 0 Å². The summed E-state index contributed by atoms with van der Waals surface area (Å²) < 4.78 is 4.88. The summed E-state index contributed by atoms with van der Waals surface area (Å²) in [5.74, 6) is 0.0244. The van der Waals surface area contributed by atoms with Crippen LogP contribution in [0.2, 0.25) is 0 Å². The average Bonchev–Trinajstić information content (AvgIpc) is 2.59. The van der Waals surface area contributed by atoms with Crippen molar-refractivity contribution in [2.24, 2.45) is 0 Å². The smallest absolute Gasteiger partial charge is 0.226 e. The van der Waals surface area contributed by atoms with E-state index in [-0.39, 0.29) is 5.91 Å². The first-order valence-corrected chi connectivity index (χ1v) is 5.77. The molecule has 1 N–H and O–H groups in total. The van der Waals surface area contributed by atoms with Gasteiger partial charge in [-0.15, -0.1) is 11.3 Å². The summed E-state index contributed by atoms with van der Waals surface area (Å²) in [6, 6.07) is 0. The van der Waals surface area contributed by atoms with E-state index in [1.807, 2.05) is 12.3 Å². The van der Waals surface area contributed by atoms with Gasteiger partial charge in [0.05, 0.1) is 17.1 Å². The Balaban J connectivity index is 2.18. The molecule has 0 aliphatic rings. The first-order valence-electron chi connectivity index (χ1n) is 4.89. The summed E-state index contributed by atoms with van der Waals surface area (Å²) in [6.45, 7) is 3.27. The average molecular weight is 228 g/mol. The number of hydrogen-bond acceptors (Lipinski definition) is 4. The summed E-state index contributed by atoms with van der Waals surface area (Å²) >= 11 is 1.57. The molecule has 0 unspecified atom stereocenters. The van der Waals surface area contributed by atoms with Crippen LogP contribution in [0.15, 0.2) is 5.38 Å². The number of thiazole rings is 1. The van der Waals surface area contributed by atoms with E-state index < -0.39 is 0 Å². The quantitative estimate of drug-likeness (QED) is 0.743. The third kappa shape index (κ3) is 4.90. The number of aromatic nitrogens is 1. The van der Waals surface area contributed by atoms with Crippen molar-refractivity contribution in [3.63, 3.8) is 0 Å². The van der Waals surface area contributed by atoms with Crippen LogP contribution in [0.5, 0.6) is 0 Å². The van der Waals surface area contributed by atoms with E-state index in [1.165, 1.54) is 0 Å². The second-order valence-corrected chi connectivity index (χ2v) is 4.29. The number of carbonyl (C=O) groups is 1. The van der Waals surface area contributed by atoms with Crippen LogP contribution in [-0.4, -0.2) is 31.2 Å². The molecule has 1 amide bonds. The minimum absolute atomic E-state index is 0.0244. The molecular weight excluding hydrogens is 212 g/mol. The zero-order chi connectivity index (χ0) is 11.1. The number of hydrogen-bond donors (Lipinski definition) is 1. The first-order chi connectivity index (χ1) is 7.22. The lowest BCUT2D eigenvalue weighted by Gasteiger charge is -2.02. The molecule has 1 heterocycles. The van der Waals surface area contributed by atoms with Gasteiger partial charge < -0.3 is 10.1 Å². The van der Waals surface area contributed by atoms with E-state index in [0.717, 1.165) is 17.1 Å². The molecule has 1 rings (SSSR count). The van der Waals surface area contributed by atoms with Gasteiger partial charge in [-0.2, -0.15) is 0 Å². The van der Waals surface area contributed by atoms with E-state index in [1.54, 1.807) is 18.4 Å². The number of rotatable bonds is 6. The minimum Gasteiger partial charge on any atom is -0.385 e. The SMILES string of the molecule is COCCCNC(=O)Cc1csc(C)n1. The maximum atomic E-state index is 11.4. The zero-order valence-corrected chi connectivity index (χ0v) is 9.89. The van der Waals surface area contributed by atoms with Crippen molar-refractivity contribution in [3.05, 3.63) is 16.1 Å². The predicted octanol–water partition coefficient (Wildman–Crippen LogP) is 1.15. The molecule has 0 bridgehead atoms. The molecular formula is C10H16N2O2S. The van der Waals surface area contributed by atoms with Crippen LogP contribution >= 0.6 is 11.3 Å². The lowest BCUT2D eigenvalue weighted by molar-refractivity contribution is -0.120. The minimum atomic E-state index is 0.0244. The maximum Gasteiger partial charge on any atom is 0.226 e. The van der Waals surface area contributed by atoms with Crippen LogP contribution in [0, 0.1) is 6.92 Å². The second-order valence-electron chi connectivity index (χ2n) is 3.23. The van der Waals surface area contributed by atoms with Gasteiger partial charge in [-0.1, -0.05) is 0 Å². The van der Waals surface area contributed by atoms with Gasteiger partial charge >= 0.3 is 0 Å². The molecule has 4 nitrogen and oxygen atoms in total. The van der Waals surface area contributed by atoms with Gasteiger partial charge in [-0.25, -0.2) is 4.98 Å². The van der Waals surface area contributed by atoms with Gasteiger partial charge in [0.2, 0.25) is 5.91 Å². The van der Waals surface area contributed by atoms with Gasteiger partial charge in [-0.3, -0.25) is 4.79 Å². The fourth-order valence-corrected chi connectivity index (χ4v) is 1.77. The van der Waals surface area contributed by atoms with Crippen molar-refractivity contribution in [1.29, 1.82) is 0 Å². The number of carbonyl (C=O) groups excluding carboxylic acids is 1. The van der Waals surface area contributed by atoms with Crippen LogP contribution in [0.1, 0.15) is 17.1 Å². The fourth-order valence-electron chi connectivity index (χ4n) is 1.16. The third-order valence-corrected chi connectivity index (χ3v) is 2.68. The van der Waals surface area contributed by atoms with Gasteiger partial charge in [0.1, 0.15) is 0 Å². The lowest BCUT2D eigenvalue weighted by Crippen LogP contribution is -2.26. The Labute approximate surface area is 93.7 Å². The standard InChI is InChI=1S/C10H16N2O2S/c1-8-12-9(7-15-8)6-10(13)11-4-3-5-14-2/h7H,3-6H2,1-2H3,(H,11,13). The normalized spacial score (nSPS) is 10.3. The van der Waals surface area contributed by atoms with Crippen LogP contribution in [0.25, 0.3) is 0 Å². The first kappa shape index (κ1) is 12.1. The summed E-state index contributed by atoms with van der Waals surface area (Å²) in [5.41, 5.74) is 0.849. The van der Waals surface area contributed by atoms with Crippen molar-refractivity contribution < 1.29 is 9.53 Å². The number of ether oxygens (including phenoxy) is 1. The maximum absolute atomic E-state index is 11.4. The highest BCUT2D eigenvalue weighted by Crippen LogP contribution is 2.07. The van der Waals surface area contributed by atoms with Gasteiger partial charge in [0.25, 0.3) is 0 Å². The topological polar surface area (TPSA) is 51.2 Å². The molecule has 84 valence electrons. The van der Waals surface area contributed by atoms with Gasteiger partial charge in [0, 0.05) is 25.6 Å². The summed E-state index contributed by atoms with van der Waals surface area (Å²) in [5, 5.41) is 5.74. The number of nitrogens with zero attached hydrogens (tertiary/aromatic N) is 1. The summed E-state index contributed by atoms with van der Waals surface area (Å²) in [6.07, 6.45) is 1.22. The van der Waals surface area contributed by atoms with Crippen LogP contribution < -0.4 is 5.32 Å². The lowest BCUT2D eigenvalue weighted by atomic mass is 10.3. The molecule has 0 saturated heterocycles. The highest BCUT2D eigenvalue weighted by atomic mass is 32.1. The summed E-state index contributed by atoms with van der Waals surface area (Å²) in [7, 11) is 1.65. The molecule has 0 aliphatic carbocycles. The molecule has 0 aromatic carbocycles. The molecule has 0 fully saturated rings. The van der Waals surface area contributed by atoms with Crippen molar-refractivity contribution >= 4 is 17.2 Å². The van der Waals surface area contributed by atoms with Crippen LogP contribution in [0.4, 0.5) is 0 Å². The largest absolute Gasteiger partial charge is 0.385 e. The highest BCUT2D eigenvalue weighted by molar-refractivity contribution is 7.09. The van der Waals surface area contributed by atoms with E-state index in [9.17, 15) is 4.79 Å². The summed E-state index contributed by atoms with van der Waals surface area (Å²) in [4.78, 5) is 15.6. The van der Waals surface area contributed by atoms with E-state index in [0.29, 0.717) is 19.6 Å². The molecule has 5 heteroatoms. The molecule has 0 atom stereocenters. The Bertz CT molecular complexity index is 312. The fraction of sp³-hybridized carbons (Fsp3) is 0.600. The molecule has 0 radical (unpaired) electrons. The Morgan fingerprint density at radius 2 is 2.47 bits per heavy atom. The molecule has 1 aromatic heterocycles. The van der Waals surface area contributed by atoms with Crippen molar-refractivity contribution in [3.8, 4) is 0 Å². The van der Waals surface area contributed by atoms with Gasteiger partial charge in [-0.05, 0) is 13.3 Å². The Morgan fingerprint density at radius 3 is 3.07 bits per heavy atom. The predicted molar refractivity (Wildman–Crippen MR) is 60.1 cm³/mol. The number of methoxy groups -OCH3 is 1. The molecule has 1 aromatic rings. The number of aryl methyl sites for hydroxylation is 1. The number of amides is 1. The molecule has 0 saturated carbocycles. The molecule has 15 heavy (non-hydrogen) atoms. The molecule has 0 spiro atoms. The van der Waals surface area contributed by atoms with E-state index in [4.69, 9.17) is 4.74 Å². The number of nitrogens with one attached hydrogen (secondary N) is 1. The monoisotopic (exact) mass is 228 g/mol. The third-order valence-electron chi connectivity index (χ3n) is 1.86. The van der Waals surface area contributed by atoms with Gasteiger partial charge in [0.15, 0.2) is 0 Å². The Kier molecular flexibility index (Phi) is 5.28. The zero-order valence-electron chi connectivity index (χ0n) is 9.08. The Morgan fingerprint density at radius 1 is 1.67 bits per heavy atom. The van der Waals surface area contributed by atoms with Crippen LogP contribution in [-0.2, 0) is 16.0 Å². The molecule has 0 aliphatic heterocycles. The Hall–Kier alpha value is -0.940. The van der Waals surface area contributed by atoms with E-state index in [2.05, 4.69) is 10.3 Å². The second kappa shape index (κ2) is 6.53. The highest BCUT2D eigenvalue weighted by Gasteiger charge is 2.05.